The maximum atomic E-state index is 10.8. The molecule has 2 N–H and O–H groups in total. The summed E-state index contributed by atoms with van der Waals surface area (Å²) in [7, 11) is 0. The van der Waals surface area contributed by atoms with E-state index in [4.69, 9.17) is 9.15 Å². The molecule has 22 heavy (non-hydrogen) atoms. The summed E-state index contributed by atoms with van der Waals surface area (Å²) in [6.45, 7) is 5.15. The summed E-state index contributed by atoms with van der Waals surface area (Å²) in [5.41, 5.74) is 0.762. The van der Waals surface area contributed by atoms with Crippen LogP contribution in [0.2, 0.25) is 0 Å². The molecule has 0 atom stereocenters. The summed E-state index contributed by atoms with van der Waals surface area (Å²) in [5, 5.41) is 13.6. The molecule has 0 fully saturated rings. The van der Waals surface area contributed by atoms with Gasteiger partial charge in [0, 0.05) is 20.0 Å². The van der Waals surface area contributed by atoms with Crippen molar-refractivity contribution in [3.63, 3.8) is 0 Å². The van der Waals surface area contributed by atoms with Gasteiger partial charge in [-0.1, -0.05) is 24.2 Å². The highest BCUT2D eigenvalue weighted by Gasteiger charge is 2.13. The molecule has 0 aliphatic heterocycles. The van der Waals surface area contributed by atoms with Gasteiger partial charge in [-0.2, -0.15) is 0 Å². The molecule has 1 aromatic heterocycles. The summed E-state index contributed by atoms with van der Waals surface area (Å²) >= 11 is 0. The first-order chi connectivity index (χ1) is 10.7. The van der Waals surface area contributed by atoms with Crippen LogP contribution < -0.4 is 15.4 Å². The highest BCUT2D eigenvalue weighted by atomic mass is 16.5. The Hall–Kier alpha value is -2.57. The van der Waals surface area contributed by atoms with E-state index >= 15 is 0 Å². The molecule has 118 valence electrons. The lowest BCUT2D eigenvalue weighted by molar-refractivity contribution is -0.118. The molecule has 2 aromatic rings. The molecule has 1 amide bonds. The number of anilines is 1. The maximum absolute atomic E-state index is 10.8. The van der Waals surface area contributed by atoms with Gasteiger partial charge in [-0.15, -0.1) is 5.10 Å². The van der Waals surface area contributed by atoms with Crippen LogP contribution in [0.1, 0.15) is 20.3 Å². The van der Waals surface area contributed by atoms with Crippen LogP contribution in [-0.4, -0.2) is 35.8 Å². The number of aromatic nitrogens is 2. The van der Waals surface area contributed by atoms with Crippen LogP contribution >= 0.6 is 0 Å². The van der Waals surface area contributed by atoms with Crippen LogP contribution in [0.4, 0.5) is 6.01 Å². The van der Waals surface area contributed by atoms with E-state index < -0.39 is 0 Å². The molecular formula is C15H20N4O3. The monoisotopic (exact) mass is 304 g/mol. The lowest BCUT2D eigenvalue weighted by Crippen LogP contribution is -2.26. The van der Waals surface area contributed by atoms with E-state index in [9.17, 15) is 4.79 Å². The van der Waals surface area contributed by atoms with Crippen LogP contribution in [0.5, 0.6) is 5.75 Å². The van der Waals surface area contributed by atoms with Crippen molar-refractivity contribution in [3.05, 3.63) is 24.3 Å². The van der Waals surface area contributed by atoms with Crippen LogP contribution in [0.25, 0.3) is 11.5 Å². The highest BCUT2D eigenvalue weighted by Crippen LogP contribution is 2.29. The van der Waals surface area contributed by atoms with Crippen LogP contribution in [-0.2, 0) is 4.79 Å². The Labute approximate surface area is 129 Å². The Morgan fingerprint density at radius 3 is 2.86 bits per heavy atom. The first-order valence-corrected chi connectivity index (χ1v) is 7.24. The fourth-order valence-corrected chi connectivity index (χ4v) is 1.79. The van der Waals surface area contributed by atoms with Crippen LogP contribution in [0.3, 0.4) is 0 Å². The molecular weight excluding hydrogens is 284 g/mol. The van der Waals surface area contributed by atoms with Crippen molar-refractivity contribution in [2.75, 3.05) is 25.0 Å². The first-order valence-electron chi connectivity index (χ1n) is 7.24. The second-order valence-corrected chi connectivity index (χ2v) is 4.67. The first kappa shape index (κ1) is 15.8. The van der Waals surface area contributed by atoms with E-state index in [-0.39, 0.29) is 5.91 Å². The van der Waals surface area contributed by atoms with E-state index in [0.29, 0.717) is 31.6 Å². The van der Waals surface area contributed by atoms with E-state index in [2.05, 4.69) is 20.8 Å². The number of rotatable bonds is 8. The van der Waals surface area contributed by atoms with E-state index in [1.165, 1.54) is 6.92 Å². The third kappa shape index (κ3) is 4.47. The van der Waals surface area contributed by atoms with Gasteiger partial charge in [0.25, 0.3) is 5.89 Å². The minimum Gasteiger partial charge on any atom is -0.493 e. The normalized spacial score (nSPS) is 10.3. The average Bonchev–Trinajstić information content (AvgIpc) is 2.98. The van der Waals surface area contributed by atoms with Gasteiger partial charge in [-0.05, 0) is 18.6 Å². The van der Waals surface area contributed by atoms with Crippen molar-refractivity contribution in [2.45, 2.75) is 20.3 Å². The minimum absolute atomic E-state index is 0.0741. The van der Waals surface area contributed by atoms with Crippen LogP contribution in [0, 0.1) is 0 Å². The lowest BCUT2D eigenvalue weighted by Gasteiger charge is -2.07. The Morgan fingerprint density at radius 2 is 2.09 bits per heavy atom. The fourth-order valence-electron chi connectivity index (χ4n) is 1.79. The summed E-state index contributed by atoms with van der Waals surface area (Å²) < 4.78 is 11.3. The Kier molecular flexibility index (Phi) is 5.76. The Balaban J connectivity index is 2.00. The zero-order valence-electron chi connectivity index (χ0n) is 12.8. The van der Waals surface area contributed by atoms with Gasteiger partial charge in [0.15, 0.2) is 0 Å². The maximum Gasteiger partial charge on any atom is 0.315 e. The molecule has 0 unspecified atom stereocenters. The molecule has 0 bridgehead atoms. The van der Waals surface area contributed by atoms with Gasteiger partial charge in [0.1, 0.15) is 5.75 Å². The number of nitrogens with zero attached hydrogens (tertiary/aromatic N) is 2. The molecule has 0 saturated carbocycles. The molecule has 7 nitrogen and oxygen atoms in total. The summed E-state index contributed by atoms with van der Waals surface area (Å²) in [6, 6.07) is 7.85. The Bertz CT molecular complexity index is 612. The average molecular weight is 304 g/mol. The van der Waals surface area contributed by atoms with Crippen molar-refractivity contribution in [1.29, 1.82) is 0 Å². The van der Waals surface area contributed by atoms with Gasteiger partial charge in [-0.25, -0.2) is 0 Å². The summed E-state index contributed by atoms with van der Waals surface area (Å²) in [5.74, 6) is 1.04. The van der Waals surface area contributed by atoms with Crippen LogP contribution in [0.15, 0.2) is 28.7 Å². The number of para-hydroxylation sites is 1. The smallest absolute Gasteiger partial charge is 0.315 e. The second-order valence-electron chi connectivity index (χ2n) is 4.67. The van der Waals surface area contributed by atoms with Gasteiger partial charge in [-0.3, -0.25) is 4.79 Å². The zero-order valence-corrected chi connectivity index (χ0v) is 12.8. The number of nitrogens with one attached hydrogen (secondary N) is 2. The minimum atomic E-state index is -0.0741. The molecule has 0 saturated heterocycles. The predicted octanol–water partition coefficient (Wildman–Crippen LogP) is 2.07. The molecule has 1 heterocycles. The SMILES string of the molecule is CCCOc1ccccc1-c1nnc(NCCNC(C)=O)o1. The third-order valence-corrected chi connectivity index (χ3v) is 2.78. The summed E-state index contributed by atoms with van der Waals surface area (Å²) in [6.07, 6.45) is 0.925. The zero-order chi connectivity index (χ0) is 15.8. The number of hydrogen-bond acceptors (Lipinski definition) is 6. The molecule has 0 aliphatic rings. The molecule has 2 rings (SSSR count). The van der Waals surface area contributed by atoms with Crippen molar-refractivity contribution >= 4 is 11.9 Å². The molecule has 7 heteroatoms. The molecule has 0 spiro atoms. The van der Waals surface area contributed by atoms with Gasteiger partial charge < -0.3 is 19.8 Å². The van der Waals surface area contributed by atoms with Gasteiger partial charge in [0.2, 0.25) is 5.91 Å². The number of carbonyl (C=O) groups is 1. The van der Waals surface area contributed by atoms with E-state index in [0.717, 1.165) is 17.7 Å². The van der Waals surface area contributed by atoms with Gasteiger partial charge >= 0.3 is 6.01 Å². The second kappa shape index (κ2) is 8.02. The number of benzene rings is 1. The third-order valence-electron chi connectivity index (χ3n) is 2.78. The number of ether oxygens (including phenoxy) is 1. The quantitative estimate of drug-likeness (QED) is 0.726. The lowest BCUT2D eigenvalue weighted by atomic mass is 10.2. The topological polar surface area (TPSA) is 89.3 Å². The fraction of sp³-hybridized carbons (Fsp3) is 0.400. The number of hydrogen-bond donors (Lipinski definition) is 2. The number of amides is 1. The molecule has 0 aliphatic carbocycles. The Morgan fingerprint density at radius 1 is 1.27 bits per heavy atom. The summed E-state index contributed by atoms with van der Waals surface area (Å²) in [4.78, 5) is 10.8. The van der Waals surface area contributed by atoms with Crippen molar-refractivity contribution in [3.8, 4) is 17.2 Å². The molecule has 1 aromatic carbocycles. The van der Waals surface area contributed by atoms with Crippen molar-refractivity contribution < 1.29 is 13.9 Å². The highest BCUT2D eigenvalue weighted by molar-refractivity contribution is 5.72. The standard InChI is InChI=1S/C15H20N4O3/c1-3-10-21-13-7-5-4-6-12(13)14-18-19-15(22-14)17-9-8-16-11(2)20/h4-7H,3,8-10H2,1-2H3,(H,16,20)(H,17,19). The predicted molar refractivity (Wildman–Crippen MR) is 82.7 cm³/mol. The van der Waals surface area contributed by atoms with Crippen molar-refractivity contribution in [2.24, 2.45) is 0 Å². The largest absolute Gasteiger partial charge is 0.493 e. The van der Waals surface area contributed by atoms with Crippen molar-refractivity contribution in [1.82, 2.24) is 15.5 Å². The molecule has 0 radical (unpaired) electrons. The van der Waals surface area contributed by atoms with E-state index in [1.807, 2.05) is 31.2 Å². The number of carbonyl (C=O) groups excluding carboxylic acids is 1. The van der Waals surface area contributed by atoms with Gasteiger partial charge in [0.05, 0.1) is 12.2 Å². The van der Waals surface area contributed by atoms with E-state index in [1.54, 1.807) is 0 Å².